The molecule has 2 aromatic carbocycles. The van der Waals surface area contributed by atoms with Gasteiger partial charge in [0, 0.05) is 10.4 Å². The Bertz CT molecular complexity index is 1380. The molecule has 1 amide bonds. The van der Waals surface area contributed by atoms with E-state index >= 15 is 0 Å². The highest BCUT2D eigenvalue weighted by molar-refractivity contribution is 6.31. The smallest absolute Gasteiger partial charge is 0.290 e. The van der Waals surface area contributed by atoms with E-state index in [9.17, 15) is 14.7 Å². The molecule has 1 unspecified atom stereocenters. The van der Waals surface area contributed by atoms with Crippen molar-refractivity contribution in [3.63, 3.8) is 0 Å². The maximum absolute atomic E-state index is 13.5. The molecule has 0 aliphatic carbocycles. The molecule has 6 nitrogen and oxygen atoms in total. The van der Waals surface area contributed by atoms with Crippen LogP contribution in [0.15, 0.2) is 87.1 Å². The fourth-order valence-electron chi connectivity index (χ4n) is 4.06. The van der Waals surface area contributed by atoms with Gasteiger partial charge in [0.05, 0.1) is 24.4 Å². The molecular weight excluding hydrogens is 430 g/mol. The van der Waals surface area contributed by atoms with Crippen molar-refractivity contribution in [1.29, 1.82) is 0 Å². The van der Waals surface area contributed by atoms with Crippen LogP contribution in [-0.2, 0) is 11.3 Å². The predicted molar refractivity (Wildman–Crippen MR) is 118 cm³/mol. The van der Waals surface area contributed by atoms with Crippen molar-refractivity contribution in [3.8, 4) is 0 Å². The van der Waals surface area contributed by atoms with Crippen LogP contribution < -0.4 is 0 Å². The second kappa shape index (κ2) is 7.73. The van der Waals surface area contributed by atoms with Crippen LogP contribution in [0.3, 0.4) is 0 Å². The fourth-order valence-corrected chi connectivity index (χ4v) is 4.25. The second-order valence-electron chi connectivity index (χ2n) is 7.71. The van der Waals surface area contributed by atoms with E-state index in [0.717, 1.165) is 5.56 Å². The van der Waals surface area contributed by atoms with E-state index in [2.05, 4.69) is 0 Å². The zero-order valence-electron chi connectivity index (χ0n) is 17.0. The van der Waals surface area contributed by atoms with Crippen LogP contribution in [0, 0.1) is 6.92 Å². The molecule has 7 heteroatoms. The number of halogens is 1. The summed E-state index contributed by atoms with van der Waals surface area (Å²) in [4.78, 5) is 28.0. The molecule has 0 bridgehead atoms. The van der Waals surface area contributed by atoms with E-state index in [-0.39, 0.29) is 17.9 Å². The second-order valence-corrected chi connectivity index (χ2v) is 8.15. The number of amides is 1. The number of fused-ring (bicyclic) bond motifs is 1. The molecule has 32 heavy (non-hydrogen) atoms. The highest BCUT2D eigenvalue weighted by atomic mass is 35.5. The SMILES string of the molecule is Cc1cccc(C2C(C(=O)c3cc4cc(Cl)ccc4o3)=C(O)C(=O)N2Cc2ccco2)c1. The average molecular weight is 448 g/mol. The maximum Gasteiger partial charge on any atom is 0.290 e. The minimum atomic E-state index is -0.795. The van der Waals surface area contributed by atoms with Crippen LogP contribution in [0.5, 0.6) is 0 Å². The largest absolute Gasteiger partial charge is 0.503 e. The van der Waals surface area contributed by atoms with Gasteiger partial charge in [-0.15, -0.1) is 0 Å². The normalized spacial score (nSPS) is 16.4. The lowest BCUT2D eigenvalue weighted by Gasteiger charge is -2.26. The maximum atomic E-state index is 13.5. The van der Waals surface area contributed by atoms with Crippen molar-refractivity contribution >= 4 is 34.3 Å². The molecule has 0 saturated heterocycles. The van der Waals surface area contributed by atoms with E-state index in [1.807, 2.05) is 31.2 Å². The van der Waals surface area contributed by atoms with Crippen molar-refractivity contribution < 1.29 is 23.5 Å². The zero-order valence-corrected chi connectivity index (χ0v) is 17.8. The lowest BCUT2D eigenvalue weighted by Crippen LogP contribution is -2.30. The number of hydrogen-bond donors (Lipinski definition) is 1. The van der Waals surface area contributed by atoms with E-state index in [1.54, 1.807) is 36.4 Å². The van der Waals surface area contributed by atoms with E-state index in [0.29, 0.717) is 27.3 Å². The molecule has 160 valence electrons. The van der Waals surface area contributed by atoms with Crippen LogP contribution in [-0.4, -0.2) is 21.7 Å². The molecule has 0 spiro atoms. The predicted octanol–water partition coefficient (Wildman–Crippen LogP) is 5.77. The summed E-state index contributed by atoms with van der Waals surface area (Å²) in [6.45, 7) is 2.02. The van der Waals surface area contributed by atoms with Gasteiger partial charge in [0.25, 0.3) is 5.91 Å². The van der Waals surface area contributed by atoms with E-state index in [4.69, 9.17) is 20.4 Å². The lowest BCUT2D eigenvalue weighted by molar-refractivity contribution is -0.130. The van der Waals surface area contributed by atoms with Gasteiger partial charge in [0.1, 0.15) is 11.3 Å². The van der Waals surface area contributed by atoms with Gasteiger partial charge in [0.2, 0.25) is 5.78 Å². The number of furan rings is 2. The first-order valence-electron chi connectivity index (χ1n) is 9.99. The first-order valence-corrected chi connectivity index (χ1v) is 10.4. The van der Waals surface area contributed by atoms with Crippen LogP contribution in [0.2, 0.25) is 5.02 Å². The number of hydrogen-bond acceptors (Lipinski definition) is 5. The first-order chi connectivity index (χ1) is 15.4. The lowest BCUT2D eigenvalue weighted by atomic mass is 9.94. The van der Waals surface area contributed by atoms with Crippen molar-refractivity contribution in [2.24, 2.45) is 0 Å². The average Bonchev–Trinajstić information content (AvgIpc) is 3.48. The summed E-state index contributed by atoms with van der Waals surface area (Å²) in [5.74, 6) is -1.23. The number of rotatable bonds is 5. The number of carbonyl (C=O) groups is 2. The van der Waals surface area contributed by atoms with Gasteiger partial charge < -0.3 is 18.8 Å². The number of aliphatic hydroxyl groups is 1. The molecule has 1 aliphatic rings. The van der Waals surface area contributed by atoms with Crippen LogP contribution >= 0.6 is 11.6 Å². The Hall–Kier alpha value is -3.77. The summed E-state index contributed by atoms with van der Waals surface area (Å²) >= 11 is 6.05. The van der Waals surface area contributed by atoms with Gasteiger partial charge in [0.15, 0.2) is 11.5 Å². The van der Waals surface area contributed by atoms with Gasteiger partial charge in [-0.3, -0.25) is 9.59 Å². The van der Waals surface area contributed by atoms with Crippen LogP contribution in [0.4, 0.5) is 0 Å². The molecule has 1 atom stereocenters. The van der Waals surface area contributed by atoms with E-state index in [1.165, 1.54) is 11.2 Å². The monoisotopic (exact) mass is 447 g/mol. The van der Waals surface area contributed by atoms with Gasteiger partial charge in [-0.05, 0) is 48.9 Å². The molecule has 1 aliphatic heterocycles. The third-order valence-corrected chi connectivity index (χ3v) is 5.75. The standard InChI is InChI=1S/C25H18ClNO5/c1-14-4-2-5-15(10-14)22-21(24(29)25(30)27(22)13-18-6-3-9-31-18)23(28)20-12-16-11-17(26)7-8-19(16)32-20/h2-12,22,29H,13H2,1H3. The van der Waals surface area contributed by atoms with Gasteiger partial charge >= 0.3 is 0 Å². The Labute approximate surface area is 188 Å². The van der Waals surface area contributed by atoms with E-state index < -0.39 is 23.5 Å². The number of nitrogens with zero attached hydrogens (tertiary/aromatic N) is 1. The van der Waals surface area contributed by atoms with Gasteiger partial charge in [-0.1, -0.05) is 41.4 Å². The quantitative estimate of drug-likeness (QED) is 0.393. The molecule has 0 radical (unpaired) electrons. The van der Waals surface area contributed by atoms with Crippen molar-refractivity contribution in [2.75, 3.05) is 0 Å². The zero-order chi connectivity index (χ0) is 22.4. The minimum absolute atomic E-state index is 0.0223. The molecule has 0 saturated carbocycles. The summed E-state index contributed by atoms with van der Waals surface area (Å²) in [6, 6.07) is 16.7. The number of ketones is 1. The van der Waals surface area contributed by atoms with Crippen LogP contribution in [0.1, 0.15) is 33.5 Å². The highest BCUT2D eigenvalue weighted by Crippen LogP contribution is 2.40. The minimum Gasteiger partial charge on any atom is -0.503 e. The molecule has 0 fully saturated rings. The number of Topliss-reactive ketones (excluding diaryl/α,β-unsaturated/α-hetero) is 1. The number of aryl methyl sites for hydroxylation is 1. The topological polar surface area (TPSA) is 83.9 Å². The molecule has 4 aromatic rings. The number of benzene rings is 2. The Kier molecular flexibility index (Phi) is 4.87. The Morgan fingerprint density at radius 2 is 1.97 bits per heavy atom. The summed E-state index contributed by atoms with van der Waals surface area (Å²) in [5.41, 5.74) is 2.12. The summed E-state index contributed by atoms with van der Waals surface area (Å²) in [7, 11) is 0. The van der Waals surface area contributed by atoms with Crippen molar-refractivity contribution in [3.05, 3.63) is 106 Å². The number of carbonyl (C=O) groups excluding carboxylic acids is 2. The Balaban J connectivity index is 1.61. The van der Waals surface area contributed by atoms with Gasteiger partial charge in [-0.25, -0.2) is 0 Å². The van der Waals surface area contributed by atoms with Crippen LogP contribution in [0.25, 0.3) is 11.0 Å². The highest BCUT2D eigenvalue weighted by Gasteiger charge is 2.44. The third kappa shape index (κ3) is 3.39. The summed E-state index contributed by atoms with van der Waals surface area (Å²) < 4.78 is 11.1. The summed E-state index contributed by atoms with van der Waals surface area (Å²) in [5, 5.41) is 12.0. The first kappa shape index (κ1) is 20.2. The summed E-state index contributed by atoms with van der Waals surface area (Å²) in [6.07, 6.45) is 1.51. The molecule has 2 aromatic heterocycles. The molecule has 3 heterocycles. The number of aliphatic hydroxyl groups excluding tert-OH is 1. The molecule has 5 rings (SSSR count). The van der Waals surface area contributed by atoms with Crippen molar-refractivity contribution in [2.45, 2.75) is 19.5 Å². The third-order valence-electron chi connectivity index (χ3n) is 5.51. The molecular formula is C25H18ClNO5. The van der Waals surface area contributed by atoms with Gasteiger partial charge in [-0.2, -0.15) is 0 Å². The fraction of sp³-hybridized carbons (Fsp3) is 0.120. The Morgan fingerprint density at radius 1 is 1.12 bits per heavy atom. The molecule has 1 N–H and O–H groups in total. The Morgan fingerprint density at radius 3 is 2.72 bits per heavy atom. The van der Waals surface area contributed by atoms with Crippen molar-refractivity contribution in [1.82, 2.24) is 4.90 Å².